The Morgan fingerprint density at radius 2 is 2.28 bits per heavy atom. The van der Waals surface area contributed by atoms with Crippen LogP contribution in [-0.4, -0.2) is 15.9 Å². The van der Waals surface area contributed by atoms with Gasteiger partial charge in [-0.2, -0.15) is 0 Å². The third-order valence-electron chi connectivity index (χ3n) is 2.80. The summed E-state index contributed by atoms with van der Waals surface area (Å²) < 4.78 is 0. The molecule has 0 fully saturated rings. The highest BCUT2D eigenvalue weighted by molar-refractivity contribution is 5.78. The predicted octanol–water partition coefficient (Wildman–Crippen LogP) is 1.52. The van der Waals surface area contributed by atoms with Crippen LogP contribution in [0.5, 0.6) is 0 Å². The number of hydrogen-bond donors (Lipinski definition) is 2. The van der Waals surface area contributed by atoms with Crippen LogP contribution in [0.4, 0.5) is 0 Å². The van der Waals surface area contributed by atoms with E-state index in [4.69, 9.17) is 0 Å². The van der Waals surface area contributed by atoms with E-state index >= 15 is 0 Å². The monoisotopic (exact) mass is 251 g/mol. The third kappa shape index (κ3) is 4.69. The van der Waals surface area contributed by atoms with E-state index in [2.05, 4.69) is 22.2 Å². The van der Waals surface area contributed by atoms with Crippen LogP contribution in [-0.2, 0) is 11.3 Å². The number of unbranched alkanes of at least 4 members (excludes halogenated alkanes) is 1. The zero-order valence-electron chi connectivity index (χ0n) is 11.2. The Kier molecular flexibility index (Phi) is 5.55. The van der Waals surface area contributed by atoms with Gasteiger partial charge in [0.05, 0.1) is 12.2 Å². The highest BCUT2D eigenvalue weighted by Crippen LogP contribution is 2.07. The van der Waals surface area contributed by atoms with Gasteiger partial charge in [0.25, 0.3) is 5.56 Å². The van der Waals surface area contributed by atoms with E-state index < -0.39 is 0 Å². The fourth-order valence-electron chi connectivity index (χ4n) is 1.73. The number of nitrogens with zero attached hydrogens (tertiary/aromatic N) is 1. The SMILES string of the molecule is CCCC[C@@H](C)C(=O)NCc1cc(=O)[nH]c(C)n1. The summed E-state index contributed by atoms with van der Waals surface area (Å²) in [6, 6.07) is 1.41. The highest BCUT2D eigenvalue weighted by atomic mass is 16.1. The van der Waals surface area contributed by atoms with E-state index in [0.717, 1.165) is 19.3 Å². The molecule has 18 heavy (non-hydrogen) atoms. The van der Waals surface area contributed by atoms with Crippen molar-refractivity contribution in [2.45, 2.75) is 46.6 Å². The van der Waals surface area contributed by atoms with Crippen molar-refractivity contribution in [1.82, 2.24) is 15.3 Å². The minimum absolute atomic E-state index is 0.00745. The summed E-state index contributed by atoms with van der Waals surface area (Å²) in [5.41, 5.74) is 0.401. The molecular formula is C13H21N3O2. The van der Waals surface area contributed by atoms with Gasteiger partial charge in [0, 0.05) is 12.0 Å². The second-order valence-corrected chi connectivity index (χ2v) is 4.58. The number of aromatic nitrogens is 2. The molecule has 0 unspecified atom stereocenters. The average Bonchev–Trinajstić information content (AvgIpc) is 2.31. The van der Waals surface area contributed by atoms with Gasteiger partial charge >= 0.3 is 0 Å². The molecule has 0 spiro atoms. The van der Waals surface area contributed by atoms with Crippen molar-refractivity contribution in [3.05, 3.63) is 27.9 Å². The number of hydrogen-bond acceptors (Lipinski definition) is 3. The zero-order valence-corrected chi connectivity index (χ0v) is 11.2. The Morgan fingerprint density at radius 1 is 1.56 bits per heavy atom. The number of amides is 1. The van der Waals surface area contributed by atoms with Gasteiger partial charge in [-0.15, -0.1) is 0 Å². The topological polar surface area (TPSA) is 74.8 Å². The largest absolute Gasteiger partial charge is 0.350 e. The van der Waals surface area contributed by atoms with Crippen LogP contribution in [0.3, 0.4) is 0 Å². The summed E-state index contributed by atoms with van der Waals surface area (Å²) >= 11 is 0. The van der Waals surface area contributed by atoms with Crippen LogP contribution >= 0.6 is 0 Å². The first-order valence-electron chi connectivity index (χ1n) is 6.37. The predicted molar refractivity (Wildman–Crippen MR) is 70.1 cm³/mol. The van der Waals surface area contributed by atoms with Crippen molar-refractivity contribution in [2.24, 2.45) is 5.92 Å². The van der Waals surface area contributed by atoms with Crippen molar-refractivity contribution in [3.8, 4) is 0 Å². The molecule has 100 valence electrons. The number of rotatable bonds is 6. The summed E-state index contributed by atoms with van der Waals surface area (Å²) in [6.07, 6.45) is 3.04. The lowest BCUT2D eigenvalue weighted by Gasteiger charge is -2.11. The Balaban J connectivity index is 2.49. The Hall–Kier alpha value is -1.65. The smallest absolute Gasteiger partial charge is 0.251 e. The van der Waals surface area contributed by atoms with Crippen LogP contribution in [0.15, 0.2) is 10.9 Å². The Morgan fingerprint density at radius 3 is 2.89 bits per heavy atom. The molecule has 1 amide bonds. The molecule has 5 heteroatoms. The first-order chi connectivity index (χ1) is 8.52. The molecule has 0 bridgehead atoms. The highest BCUT2D eigenvalue weighted by Gasteiger charge is 2.11. The third-order valence-corrected chi connectivity index (χ3v) is 2.80. The zero-order chi connectivity index (χ0) is 13.5. The van der Waals surface area contributed by atoms with E-state index in [-0.39, 0.29) is 17.4 Å². The number of nitrogens with one attached hydrogen (secondary N) is 2. The lowest BCUT2D eigenvalue weighted by molar-refractivity contribution is -0.124. The Labute approximate surface area is 107 Å². The van der Waals surface area contributed by atoms with Crippen molar-refractivity contribution < 1.29 is 4.79 Å². The molecule has 1 aromatic rings. The van der Waals surface area contributed by atoms with Crippen molar-refractivity contribution in [2.75, 3.05) is 0 Å². The van der Waals surface area contributed by atoms with Gasteiger partial charge in [-0.05, 0) is 13.3 Å². The molecule has 0 radical (unpaired) electrons. The van der Waals surface area contributed by atoms with Gasteiger partial charge in [-0.3, -0.25) is 9.59 Å². The molecule has 0 aromatic carbocycles. The van der Waals surface area contributed by atoms with Gasteiger partial charge in [-0.25, -0.2) is 4.98 Å². The lowest BCUT2D eigenvalue weighted by atomic mass is 10.0. The molecular weight excluding hydrogens is 230 g/mol. The summed E-state index contributed by atoms with van der Waals surface area (Å²) in [5.74, 6) is 0.585. The van der Waals surface area contributed by atoms with Gasteiger partial charge in [0.15, 0.2) is 0 Å². The minimum atomic E-state index is -0.189. The van der Waals surface area contributed by atoms with Crippen molar-refractivity contribution in [1.29, 1.82) is 0 Å². The molecule has 5 nitrogen and oxygen atoms in total. The summed E-state index contributed by atoms with van der Waals surface area (Å²) in [7, 11) is 0. The molecule has 0 aliphatic heterocycles. The quantitative estimate of drug-likeness (QED) is 0.805. The molecule has 0 aliphatic carbocycles. The standard InChI is InChI=1S/C13H21N3O2/c1-4-5-6-9(2)13(18)14-8-11-7-12(17)16-10(3)15-11/h7,9H,4-6,8H2,1-3H3,(H,14,18)(H,15,16,17)/t9-/m1/s1. The van der Waals surface area contributed by atoms with Crippen LogP contribution in [0.25, 0.3) is 0 Å². The molecule has 1 aromatic heterocycles. The van der Waals surface area contributed by atoms with E-state index in [1.807, 2.05) is 6.92 Å². The molecule has 1 atom stereocenters. The normalized spacial score (nSPS) is 12.2. The maximum absolute atomic E-state index is 11.8. The van der Waals surface area contributed by atoms with Gasteiger partial charge in [-0.1, -0.05) is 26.7 Å². The fourth-order valence-corrected chi connectivity index (χ4v) is 1.73. The molecule has 0 saturated heterocycles. The van der Waals surface area contributed by atoms with Crippen molar-refractivity contribution >= 4 is 5.91 Å². The van der Waals surface area contributed by atoms with Gasteiger partial charge < -0.3 is 10.3 Å². The molecule has 1 heterocycles. The van der Waals surface area contributed by atoms with Gasteiger partial charge in [0.1, 0.15) is 5.82 Å². The van der Waals surface area contributed by atoms with Crippen LogP contribution < -0.4 is 10.9 Å². The van der Waals surface area contributed by atoms with Crippen LogP contribution in [0.1, 0.15) is 44.6 Å². The molecule has 1 rings (SSSR count). The summed E-state index contributed by atoms with van der Waals surface area (Å²) in [5, 5.41) is 2.81. The van der Waals surface area contributed by atoms with Crippen molar-refractivity contribution in [3.63, 3.8) is 0 Å². The molecule has 0 aliphatic rings. The number of carbonyl (C=O) groups excluding carboxylic acids is 1. The second kappa shape index (κ2) is 6.93. The van der Waals surface area contributed by atoms with Gasteiger partial charge in [0.2, 0.25) is 5.91 Å². The maximum Gasteiger partial charge on any atom is 0.251 e. The second-order valence-electron chi connectivity index (χ2n) is 4.58. The maximum atomic E-state index is 11.8. The number of H-pyrrole nitrogens is 1. The van der Waals surface area contributed by atoms with E-state index in [9.17, 15) is 9.59 Å². The van der Waals surface area contributed by atoms with Crippen LogP contribution in [0, 0.1) is 12.8 Å². The van der Waals surface area contributed by atoms with E-state index in [1.54, 1.807) is 6.92 Å². The molecule has 0 saturated carbocycles. The van der Waals surface area contributed by atoms with E-state index in [1.165, 1.54) is 6.07 Å². The number of aromatic amines is 1. The summed E-state index contributed by atoms with van der Waals surface area (Å²) in [4.78, 5) is 29.7. The Bertz CT molecular complexity index is 454. The molecule has 2 N–H and O–H groups in total. The lowest BCUT2D eigenvalue weighted by Crippen LogP contribution is -2.29. The average molecular weight is 251 g/mol. The number of carbonyl (C=O) groups is 1. The summed E-state index contributed by atoms with van der Waals surface area (Å²) in [6.45, 7) is 6.05. The first kappa shape index (κ1) is 14.4. The minimum Gasteiger partial charge on any atom is -0.350 e. The number of aryl methyl sites for hydroxylation is 1. The van der Waals surface area contributed by atoms with E-state index in [0.29, 0.717) is 18.1 Å². The first-order valence-corrected chi connectivity index (χ1v) is 6.37. The fraction of sp³-hybridized carbons (Fsp3) is 0.615. The van der Waals surface area contributed by atoms with Crippen LogP contribution in [0.2, 0.25) is 0 Å².